The molecular weight excluding hydrogens is 677 g/mol. The second-order valence-corrected chi connectivity index (χ2v) is 18.8. The molecule has 3 saturated carbocycles. The Morgan fingerprint density at radius 3 is 1.98 bits per heavy atom. The highest BCUT2D eigenvalue weighted by Gasteiger charge is 2.68. The lowest BCUT2D eigenvalue weighted by Crippen LogP contribution is -2.65. The molecule has 0 amide bonds. The van der Waals surface area contributed by atoms with Crippen molar-refractivity contribution >= 4 is 31.2 Å². The monoisotopic (exact) mass is 728 g/mol. The fraction of sp³-hybridized carbons (Fsp3) is 0.871. The molecule has 4 aliphatic rings. The minimum absolute atomic E-state index is 0.0453. The van der Waals surface area contributed by atoms with E-state index in [9.17, 15) is 44.0 Å². The van der Waals surface area contributed by atoms with Crippen molar-refractivity contribution in [3.63, 3.8) is 0 Å². The summed E-state index contributed by atoms with van der Waals surface area (Å²) in [4.78, 5) is 0. The summed E-state index contributed by atoms with van der Waals surface area (Å²) in [7, 11) is -15.6. The van der Waals surface area contributed by atoms with Gasteiger partial charge in [0.05, 0.1) is 12.2 Å². The topological polar surface area (TPSA) is 211 Å². The Bertz CT molecular complexity index is 1570. The summed E-state index contributed by atoms with van der Waals surface area (Å²) in [6, 6.07) is 0. The van der Waals surface area contributed by atoms with Gasteiger partial charge in [-0.2, -0.15) is 25.3 Å². The summed E-state index contributed by atoms with van der Waals surface area (Å²) in [6.07, 6.45) is -1.06. The summed E-state index contributed by atoms with van der Waals surface area (Å²) < 4.78 is 115. The van der Waals surface area contributed by atoms with Crippen molar-refractivity contribution in [2.75, 3.05) is 0 Å². The molecule has 0 radical (unpaired) electrons. The van der Waals surface area contributed by atoms with Crippen molar-refractivity contribution in [3.8, 4) is 0 Å². The lowest BCUT2D eigenvalue weighted by molar-refractivity contribution is -0.179. The lowest BCUT2D eigenvalue weighted by atomic mass is 9.43. The molecule has 16 heteroatoms. The van der Waals surface area contributed by atoms with Gasteiger partial charge in [0.25, 0.3) is 0 Å². The number of aliphatic hydroxyl groups excluding tert-OH is 1. The highest BCUT2D eigenvalue weighted by atomic mass is 32.3. The number of hydrogen-bond donors (Lipinski definition) is 4. The van der Waals surface area contributed by atoms with Crippen molar-refractivity contribution < 1.29 is 56.6 Å². The van der Waals surface area contributed by atoms with Crippen molar-refractivity contribution in [2.45, 2.75) is 118 Å². The molecule has 0 aromatic heterocycles. The second kappa shape index (κ2) is 13.0. The van der Waals surface area contributed by atoms with Crippen molar-refractivity contribution in [1.29, 1.82) is 0 Å². The normalized spacial score (nSPS) is 40.6. The maximum Gasteiger partial charge on any atom is 0.397 e. The van der Waals surface area contributed by atoms with E-state index >= 15 is 0 Å². The van der Waals surface area contributed by atoms with E-state index in [4.69, 9.17) is 8.37 Å². The molecule has 0 saturated heterocycles. The molecule has 0 aromatic rings. The summed E-state index contributed by atoms with van der Waals surface area (Å²) >= 11 is 0. The zero-order valence-corrected chi connectivity index (χ0v) is 30.6. The van der Waals surface area contributed by atoms with Crippen LogP contribution in [0, 0.1) is 51.8 Å². The van der Waals surface area contributed by atoms with Gasteiger partial charge in [-0.25, -0.2) is 12.5 Å². The summed E-state index contributed by atoms with van der Waals surface area (Å²) in [6.45, 7) is 19.1. The standard InChI is InChI=1S/C31H52O13S3/c1-17(2)20(18(3)4)10-9-19(5)21-11-13-31(8)23-15-24(42-45(33,34)35)26-27(32)28(44-47(39,40)41)25(43-46(36,37)38)16-29(26,6)22(23)12-14-30(21,31)7/h12,18-21,23-28,32H,1,9-11,13-16H2,2-8H3,(H,33,34,35)(H,36,37,38)(H,39,40,41)/t19-,20-,21-,23-,24+,25+,26+,27-,28-,29-,30-,31+/m1/s1. The van der Waals surface area contributed by atoms with E-state index in [2.05, 4.69) is 58.4 Å². The molecule has 272 valence electrons. The zero-order chi connectivity index (χ0) is 35.7. The fourth-order valence-corrected chi connectivity index (χ4v) is 12.0. The van der Waals surface area contributed by atoms with Gasteiger partial charge in [0, 0.05) is 5.92 Å². The van der Waals surface area contributed by atoms with Crippen LogP contribution in [0.3, 0.4) is 0 Å². The first-order valence-corrected chi connectivity index (χ1v) is 20.3. The third-order valence-electron chi connectivity index (χ3n) is 12.7. The minimum Gasteiger partial charge on any atom is -0.390 e. The van der Waals surface area contributed by atoms with E-state index < -0.39 is 72.4 Å². The van der Waals surface area contributed by atoms with Crippen LogP contribution < -0.4 is 0 Å². The third kappa shape index (κ3) is 7.57. The molecule has 0 bridgehead atoms. The molecule has 0 heterocycles. The molecule has 4 N–H and O–H groups in total. The van der Waals surface area contributed by atoms with Gasteiger partial charge in [0.1, 0.15) is 12.2 Å². The van der Waals surface area contributed by atoms with Crippen molar-refractivity contribution in [3.05, 3.63) is 23.8 Å². The summed E-state index contributed by atoms with van der Waals surface area (Å²) in [5.74, 6) is 0.00372. The van der Waals surface area contributed by atoms with E-state index in [1.54, 1.807) is 6.92 Å². The number of hydrogen-bond acceptors (Lipinski definition) is 10. The first-order valence-electron chi connectivity index (χ1n) is 16.2. The predicted octanol–water partition coefficient (Wildman–Crippen LogP) is 4.97. The lowest BCUT2D eigenvalue weighted by Gasteiger charge is -2.63. The Labute approximate surface area is 280 Å². The van der Waals surface area contributed by atoms with Crippen LogP contribution in [0.1, 0.15) is 93.4 Å². The minimum atomic E-state index is -5.29. The zero-order valence-electron chi connectivity index (χ0n) is 28.2. The van der Waals surface area contributed by atoms with Crippen molar-refractivity contribution in [2.24, 2.45) is 51.8 Å². The molecule has 0 spiro atoms. The van der Waals surface area contributed by atoms with Gasteiger partial charge in [-0.05, 0) is 97.7 Å². The first kappa shape index (κ1) is 38.8. The van der Waals surface area contributed by atoms with E-state index in [0.717, 1.165) is 31.3 Å². The van der Waals surface area contributed by atoms with Gasteiger partial charge in [0.2, 0.25) is 0 Å². The Morgan fingerprint density at radius 2 is 1.47 bits per heavy atom. The molecular formula is C31H52O13S3. The Kier molecular flexibility index (Phi) is 10.7. The van der Waals surface area contributed by atoms with Gasteiger partial charge in [0.15, 0.2) is 0 Å². The van der Waals surface area contributed by atoms with Crippen LogP contribution in [0.25, 0.3) is 0 Å². The van der Waals surface area contributed by atoms with Crippen LogP contribution in [-0.2, 0) is 43.7 Å². The Hall–Kier alpha value is -0.950. The second-order valence-electron chi connectivity index (χ2n) is 15.6. The highest BCUT2D eigenvalue weighted by Crippen LogP contribution is 2.72. The maximum absolute atomic E-state index is 12.2. The average molecular weight is 729 g/mol. The van der Waals surface area contributed by atoms with Crippen LogP contribution >= 0.6 is 0 Å². The average Bonchev–Trinajstić information content (AvgIpc) is 3.15. The van der Waals surface area contributed by atoms with E-state index in [-0.39, 0.29) is 24.2 Å². The van der Waals surface area contributed by atoms with Gasteiger partial charge < -0.3 is 5.11 Å². The molecule has 4 aliphatic carbocycles. The molecule has 0 aromatic carbocycles. The van der Waals surface area contributed by atoms with Gasteiger partial charge in [-0.3, -0.25) is 13.7 Å². The smallest absolute Gasteiger partial charge is 0.390 e. The third-order valence-corrected chi connectivity index (χ3v) is 14.2. The van der Waals surface area contributed by atoms with Crippen LogP contribution in [0.15, 0.2) is 23.8 Å². The van der Waals surface area contributed by atoms with Crippen LogP contribution in [0.5, 0.6) is 0 Å². The molecule has 12 atom stereocenters. The fourth-order valence-electron chi connectivity index (χ4n) is 10.5. The van der Waals surface area contributed by atoms with Crippen LogP contribution in [0.4, 0.5) is 0 Å². The molecule has 47 heavy (non-hydrogen) atoms. The van der Waals surface area contributed by atoms with Crippen LogP contribution in [-0.4, -0.2) is 68.4 Å². The van der Waals surface area contributed by atoms with E-state index in [0.29, 0.717) is 30.1 Å². The van der Waals surface area contributed by atoms with Crippen LogP contribution in [0.2, 0.25) is 0 Å². The molecule has 4 rings (SSSR count). The number of aliphatic hydroxyl groups is 1. The van der Waals surface area contributed by atoms with Gasteiger partial charge >= 0.3 is 31.2 Å². The number of allylic oxidation sites excluding steroid dienone is 3. The van der Waals surface area contributed by atoms with Gasteiger partial charge in [-0.1, -0.05) is 65.3 Å². The molecule has 3 fully saturated rings. The van der Waals surface area contributed by atoms with E-state index in [1.165, 1.54) is 5.57 Å². The number of rotatable bonds is 12. The summed E-state index contributed by atoms with van der Waals surface area (Å²) in [5.41, 5.74) is 0.0814. The van der Waals surface area contributed by atoms with E-state index in [1.807, 2.05) is 0 Å². The Morgan fingerprint density at radius 1 is 0.915 bits per heavy atom. The SMILES string of the molecule is C=C(C)[C@@H](CC[C@@H](C)[C@H]1CC[C@@]2(C)[C@@H]3C[C@H](OS(=O)(=O)O)[C@H]4[C@@H](O)[C@H](OS(=O)(=O)O)[C@@H](OS(=O)(=O)O)C[C@]4(C)C3=CC[C@]12C)C(C)C. The Balaban J connectivity index is 1.78. The predicted molar refractivity (Wildman–Crippen MR) is 173 cm³/mol. The molecule has 13 nitrogen and oxygen atoms in total. The quantitative estimate of drug-likeness (QED) is 0.155. The first-order chi connectivity index (χ1) is 21.2. The van der Waals surface area contributed by atoms with Gasteiger partial charge in [-0.15, -0.1) is 0 Å². The largest absolute Gasteiger partial charge is 0.397 e. The number of fused-ring (bicyclic) bond motifs is 5. The summed E-state index contributed by atoms with van der Waals surface area (Å²) in [5, 5.41) is 11.6. The molecule has 0 unspecified atom stereocenters. The maximum atomic E-state index is 12.2. The molecule has 0 aliphatic heterocycles. The van der Waals surface area contributed by atoms with Crippen molar-refractivity contribution in [1.82, 2.24) is 0 Å². The highest BCUT2D eigenvalue weighted by molar-refractivity contribution is 7.81.